The molecule has 4 rings (SSSR count). The summed E-state index contributed by atoms with van der Waals surface area (Å²) >= 11 is 0. The van der Waals surface area contributed by atoms with Crippen molar-refractivity contribution in [2.24, 2.45) is 7.05 Å². The largest absolute Gasteiger partial charge is 0.338 e. The molecule has 1 aliphatic rings. The monoisotopic (exact) mass is 419 g/mol. The highest BCUT2D eigenvalue weighted by atomic mass is 32.2. The number of aromatic nitrogens is 4. The lowest BCUT2D eigenvalue weighted by Crippen LogP contribution is -2.33. The highest BCUT2D eigenvalue weighted by Gasteiger charge is 2.39. The normalized spacial score (nSPS) is 18.1. The molecule has 1 N–H and O–H groups in total. The highest BCUT2D eigenvalue weighted by molar-refractivity contribution is 7.89. The van der Waals surface area contributed by atoms with Crippen LogP contribution in [0, 0.1) is 0 Å². The van der Waals surface area contributed by atoms with Crippen LogP contribution in [0.1, 0.15) is 50.4 Å². The molecule has 0 aliphatic carbocycles. The molecule has 0 spiro atoms. The van der Waals surface area contributed by atoms with Crippen LogP contribution in [0.3, 0.4) is 0 Å². The lowest BCUT2D eigenvalue weighted by Gasteiger charge is -2.21. The maximum absolute atomic E-state index is 13.3. The fourth-order valence-corrected chi connectivity index (χ4v) is 5.15. The van der Waals surface area contributed by atoms with Gasteiger partial charge in [-0.1, -0.05) is 19.0 Å². The Labute approximate surface area is 166 Å². The first-order valence-corrected chi connectivity index (χ1v) is 10.7. The average Bonchev–Trinajstić information content (AvgIpc) is 3.35. The summed E-state index contributed by atoms with van der Waals surface area (Å²) in [4.78, 5) is 31.1. The van der Waals surface area contributed by atoms with Crippen LogP contribution < -0.4 is 11.2 Å². The van der Waals surface area contributed by atoms with E-state index in [9.17, 15) is 18.0 Å². The summed E-state index contributed by atoms with van der Waals surface area (Å²) in [6.07, 6.45) is 1.23. The molecule has 1 aromatic carbocycles. The zero-order chi connectivity index (χ0) is 20.9. The van der Waals surface area contributed by atoms with Crippen LogP contribution in [0.2, 0.25) is 0 Å². The number of nitrogens with zero attached hydrogens (tertiary/aromatic N) is 4. The Bertz CT molecular complexity index is 1300. The lowest BCUT2D eigenvalue weighted by molar-refractivity contribution is 0.289. The minimum atomic E-state index is -3.91. The van der Waals surface area contributed by atoms with Crippen LogP contribution in [0.25, 0.3) is 10.9 Å². The Morgan fingerprint density at radius 2 is 2.03 bits per heavy atom. The van der Waals surface area contributed by atoms with Crippen molar-refractivity contribution in [1.29, 1.82) is 0 Å². The van der Waals surface area contributed by atoms with Crippen molar-refractivity contribution in [3.05, 3.63) is 50.8 Å². The number of hydrogen-bond acceptors (Lipinski definition) is 7. The molecule has 1 atom stereocenters. The van der Waals surface area contributed by atoms with Crippen molar-refractivity contribution < 1.29 is 12.9 Å². The van der Waals surface area contributed by atoms with Crippen molar-refractivity contribution in [3.8, 4) is 0 Å². The van der Waals surface area contributed by atoms with E-state index in [1.165, 1.54) is 29.6 Å². The molecule has 2 aromatic heterocycles. The Morgan fingerprint density at radius 3 is 2.72 bits per heavy atom. The van der Waals surface area contributed by atoms with Crippen LogP contribution in [-0.2, 0) is 17.1 Å². The van der Waals surface area contributed by atoms with Crippen molar-refractivity contribution in [3.63, 3.8) is 0 Å². The summed E-state index contributed by atoms with van der Waals surface area (Å²) in [7, 11) is -2.58. The molecular weight excluding hydrogens is 398 g/mol. The molecule has 0 radical (unpaired) electrons. The molecule has 154 valence electrons. The van der Waals surface area contributed by atoms with Gasteiger partial charge in [-0.3, -0.25) is 9.36 Å². The summed E-state index contributed by atoms with van der Waals surface area (Å²) in [6.45, 7) is 4.17. The quantitative estimate of drug-likeness (QED) is 0.673. The van der Waals surface area contributed by atoms with Crippen molar-refractivity contribution in [1.82, 2.24) is 24.0 Å². The second kappa shape index (κ2) is 6.92. The topological polar surface area (TPSA) is 131 Å². The number of nitrogens with one attached hydrogen (secondary N) is 1. The smallest absolute Gasteiger partial charge is 0.328 e. The molecule has 10 nitrogen and oxygen atoms in total. The van der Waals surface area contributed by atoms with Gasteiger partial charge in [0.15, 0.2) is 5.82 Å². The van der Waals surface area contributed by atoms with Crippen LogP contribution in [0.5, 0.6) is 0 Å². The van der Waals surface area contributed by atoms with Gasteiger partial charge in [-0.15, -0.1) is 0 Å². The maximum Gasteiger partial charge on any atom is 0.328 e. The van der Waals surface area contributed by atoms with Crippen molar-refractivity contribution in [2.45, 2.75) is 43.5 Å². The molecule has 3 heterocycles. The summed E-state index contributed by atoms with van der Waals surface area (Å²) in [5.74, 6) is 0.871. The zero-order valence-corrected chi connectivity index (χ0v) is 17.1. The predicted octanol–water partition coefficient (Wildman–Crippen LogP) is 1.26. The molecule has 1 saturated heterocycles. The van der Waals surface area contributed by atoms with Gasteiger partial charge in [-0.05, 0) is 31.0 Å². The van der Waals surface area contributed by atoms with Crippen LogP contribution in [-0.4, -0.2) is 39.0 Å². The third-order valence-corrected chi connectivity index (χ3v) is 7.05. The van der Waals surface area contributed by atoms with E-state index in [0.717, 1.165) is 4.57 Å². The number of H-pyrrole nitrogens is 1. The number of hydrogen-bond donors (Lipinski definition) is 1. The van der Waals surface area contributed by atoms with E-state index < -0.39 is 27.3 Å². The fraction of sp³-hybridized carbons (Fsp3) is 0.444. The van der Waals surface area contributed by atoms with E-state index in [4.69, 9.17) is 4.52 Å². The van der Waals surface area contributed by atoms with E-state index >= 15 is 0 Å². The van der Waals surface area contributed by atoms with Gasteiger partial charge >= 0.3 is 5.69 Å². The molecular formula is C18H21N5O5S. The van der Waals surface area contributed by atoms with Crippen molar-refractivity contribution >= 4 is 20.9 Å². The first kappa shape index (κ1) is 19.5. The first-order chi connectivity index (χ1) is 13.7. The standard InChI is InChI=1S/C18H21N5O5S/c1-10(2)15-20-16(28-21-15)14-5-4-8-23(14)29(26,27)11-6-7-13-12(9-11)17(24)22(3)18(25)19-13/h6-7,9-10,14H,4-5,8H2,1-3H3,(H,19,25)/t14-/m0/s1. The van der Waals surface area contributed by atoms with E-state index in [1.54, 1.807) is 0 Å². The summed E-state index contributed by atoms with van der Waals surface area (Å²) in [5, 5.41) is 4.06. The molecule has 3 aromatic rings. The molecule has 11 heteroatoms. The predicted molar refractivity (Wildman–Crippen MR) is 104 cm³/mol. The molecule has 1 fully saturated rings. The van der Waals surface area contributed by atoms with E-state index in [1.807, 2.05) is 13.8 Å². The van der Waals surface area contributed by atoms with Crippen LogP contribution in [0.15, 0.2) is 37.2 Å². The SMILES string of the molecule is CC(C)c1noc([C@@H]2CCCN2S(=O)(=O)c2ccc3[nH]c(=O)n(C)c(=O)c3c2)n1. The molecule has 0 bridgehead atoms. The molecule has 0 unspecified atom stereocenters. The van der Waals surface area contributed by atoms with Gasteiger partial charge in [0.25, 0.3) is 5.56 Å². The van der Waals surface area contributed by atoms with Gasteiger partial charge in [-0.2, -0.15) is 9.29 Å². The van der Waals surface area contributed by atoms with Gasteiger partial charge in [0, 0.05) is 19.5 Å². The fourth-order valence-electron chi connectivity index (χ4n) is 3.47. The summed E-state index contributed by atoms with van der Waals surface area (Å²) in [6, 6.07) is 3.57. The van der Waals surface area contributed by atoms with Gasteiger partial charge in [0.05, 0.1) is 15.8 Å². The third kappa shape index (κ3) is 3.19. The average molecular weight is 419 g/mol. The second-order valence-corrected chi connectivity index (χ2v) is 9.31. The summed E-state index contributed by atoms with van der Waals surface area (Å²) < 4.78 is 34.2. The van der Waals surface area contributed by atoms with Gasteiger partial charge in [-0.25, -0.2) is 13.2 Å². The first-order valence-electron chi connectivity index (χ1n) is 9.28. The number of rotatable bonds is 4. The Hall–Kier alpha value is -2.79. The highest BCUT2D eigenvalue weighted by Crippen LogP contribution is 2.36. The van der Waals surface area contributed by atoms with Crippen molar-refractivity contribution in [2.75, 3.05) is 6.54 Å². The Morgan fingerprint density at radius 1 is 1.28 bits per heavy atom. The molecule has 0 saturated carbocycles. The molecule has 1 aliphatic heterocycles. The van der Waals surface area contributed by atoms with E-state index in [2.05, 4.69) is 15.1 Å². The lowest BCUT2D eigenvalue weighted by atomic mass is 10.2. The molecule has 29 heavy (non-hydrogen) atoms. The minimum absolute atomic E-state index is 0.0235. The summed E-state index contributed by atoms with van der Waals surface area (Å²) in [5.41, 5.74) is -0.833. The van der Waals surface area contributed by atoms with Crippen LogP contribution >= 0.6 is 0 Å². The number of fused-ring (bicyclic) bond motifs is 1. The Balaban J connectivity index is 1.77. The second-order valence-electron chi connectivity index (χ2n) is 7.42. The van der Waals surface area contributed by atoms with E-state index in [0.29, 0.717) is 25.2 Å². The zero-order valence-electron chi connectivity index (χ0n) is 16.2. The maximum atomic E-state index is 13.3. The minimum Gasteiger partial charge on any atom is -0.338 e. The van der Waals surface area contributed by atoms with Crippen LogP contribution in [0.4, 0.5) is 0 Å². The van der Waals surface area contributed by atoms with Gasteiger partial charge in [0.1, 0.15) is 6.04 Å². The molecule has 0 amide bonds. The number of aromatic amines is 1. The number of benzene rings is 1. The third-order valence-electron chi connectivity index (χ3n) is 5.14. The van der Waals surface area contributed by atoms with Gasteiger partial charge in [0.2, 0.25) is 15.9 Å². The van der Waals surface area contributed by atoms with E-state index in [-0.39, 0.29) is 27.6 Å². The Kier molecular flexibility index (Phi) is 4.66. The van der Waals surface area contributed by atoms with Gasteiger partial charge < -0.3 is 9.51 Å². The number of sulfonamides is 1.